The van der Waals surface area contributed by atoms with Crippen molar-refractivity contribution < 1.29 is 19.1 Å². The van der Waals surface area contributed by atoms with Crippen molar-refractivity contribution in [3.05, 3.63) is 58.8 Å². The number of aryl methyl sites for hydroxylation is 1. The summed E-state index contributed by atoms with van der Waals surface area (Å²) in [5.41, 5.74) is 4.41. The fourth-order valence-corrected chi connectivity index (χ4v) is 4.02. The molecule has 0 fully saturated rings. The van der Waals surface area contributed by atoms with Crippen molar-refractivity contribution in [1.29, 1.82) is 0 Å². The number of para-hydroxylation sites is 1. The Balaban J connectivity index is 1.52. The minimum absolute atomic E-state index is 0.00526. The topological polar surface area (TPSA) is 69.6 Å². The van der Waals surface area contributed by atoms with Gasteiger partial charge in [0.2, 0.25) is 5.91 Å². The van der Waals surface area contributed by atoms with E-state index in [4.69, 9.17) is 9.47 Å². The van der Waals surface area contributed by atoms with E-state index in [9.17, 15) is 9.59 Å². The van der Waals surface area contributed by atoms with Crippen molar-refractivity contribution >= 4 is 22.6 Å². The molecule has 1 aliphatic heterocycles. The number of nitrogens with one attached hydrogen (secondary N) is 1. The monoisotopic (exact) mass is 406 g/mol. The average molecular weight is 406 g/mol. The van der Waals surface area contributed by atoms with E-state index in [-0.39, 0.29) is 18.2 Å². The van der Waals surface area contributed by atoms with Crippen molar-refractivity contribution in [3.8, 4) is 11.5 Å². The second-order valence-electron chi connectivity index (χ2n) is 7.67. The smallest absolute Gasteiger partial charge is 0.240 e. The number of rotatable bonds is 5. The lowest BCUT2D eigenvalue weighted by Crippen LogP contribution is -2.27. The quantitative estimate of drug-likeness (QED) is 0.652. The number of aromatic nitrogens is 1. The molecule has 4 rings (SSSR count). The molecule has 0 radical (unpaired) electrons. The molecule has 0 spiro atoms. The molecule has 0 aliphatic carbocycles. The molecular weight excluding hydrogens is 380 g/mol. The van der Waals surface area contributed by atoms with Gasteiger partial charge in [-0.1, -0.05) is 18.2 Å². The molecule has 2 heterocycles. The Bertz CT molecular complexity index is 1130. The number of benzene rings is 2. The van der Waals surface area contributed by atoms with E-state index >= 15 is 0 Å². The molecule has 2 aromatic carbocycles. The Hall–Kier alpha value is -3.28. The fraction of sp³-hybridized carbons (Fsp3) is 0.333. The van der Waals surface area contributed by atoms with Gasteiger partial charge < -0.3 is 19.4 Å². The van der Waals surface area contributed by atoms with Crippen LogP contribution < -0.4 is 14.8 Å². The van der Waals surface area contributed by atoms with Crippen LogP contribution >= 0.6 is 0 Å². The number of fused-ring (bicyclic) bond motifs is 2. The molecule has 1 amide bonds. The zero-order valence-electron chi connectivity index (χ0n) is 17.6. The average Bonchev–Trinajstić information content (AvgIpc) is 2.85. The third-order valence-corrected chi connectivity index (χ3v) is 5.57. The number of carbonyl (C=O) groups excluding carboxylic acids is 2. The Kier molecular flexibility index (Phi) is 5.48. The van der Waals surface area contributed by atoms with Gasteiger partial charge in [0.25, 0.3) is 0 Å². The number of carbonyl (C=O) groups is 2. The lowest BCUT2D eigenvalue weighted by atomic mass is 10.1. The van der Waals surface area contributed by atoms with Crippen LogP contribution in [0.4, 0.5) is 0 Å². The van der Waals surface area contributed by atoms with Gasteiger partial charge >= 0.3 is 0 Å². The van der Waals surface area contributed by atoms with Crippen molar-refractivity contribution in [2.75, 3.05) is 13.2 Å². The van der Waals surface area contributed by atoms with Crippen LogP contribution in [0.2, 0.25) is 0 Å². The highest BCUT2D eigenvalue weighted by molar-refractivity contribution is 6.08. The first-order valence-electron chi connectivity index (χ1n) is 10.2. The van der Waals surface area contributed by atoms with Crippen molar-refractivity contribution in [2.24, 2.45) is 0 Å². The number of Topliss-reactive ketones (excluding diaryl/α,β-unsaturated/α-hetero) is 1. The summed E-state index contributed by atoms with van der Waals surface area (Å²) in [4.78, 5) is 24.9. The van der Waals surface area contributed by atoms with Crippen molar-refractivity contribution in [2.45, 2.75) is 40.3 Å². The first-order chi connectivity index (χ1) is 14.5. The van der Waals surface area contributed by atoms with Crippen LogP contribution in [0.5, 0.6) is 11.5 Å². The van der Waals surface area contributed by atoms with Crippen molar-refractivity contribution in [3.63, 3.8) is 0 Å². The lowest BCUT2D eigenvalue weighted by molar-refractivity contribution is -0.121. The van der Waals surface area contributed by atoms with Gasteiger partial charge in [-0.15, -0.1) is 0 Å². The van der Waals surface area contributed by atoms with Crippen LogP contribution in [-0.2, 0) is 17.9 Å². The molecule has 1 aliphatic rings. The molecular formula is C24H26N2O4. The van der Waals surface area contributed by atoms with Gasteiger partial charge in [-0.2, -0.15) is 0 Å². The Morgan fingerprint density at radius 2 is 1.77 bits per heavy atom. The molecule has 30 heavy (non-hydrogen) atoms. The standard InChI is InChI=1S/C24H26N2O4/c1-15-11-21-22(30-10-6-9-29-21)12-18(15)13-25-23(28)14-26-16(2)24(17(3)27)19-7-4-5-8-20(19)26/h4-5,7-8,11-12H,6,9-10,13-14H2,1-3H3,(H,25,28). The molecule has 6 heteroatoms. The largest absolute Gasteiger partial charge is 0.490 e. The Morgan fingerprint density at radius 3 is 2.50 bits per heavy atom. The van der Waals surface area contributed by atoms with Crippen LogP contribution in [-0.4, -0.2) is 29.5 Å². The highest BCUT2D eigenvalue weighted by Gasteiger charge is 2.19. The second kappa shape index (κ2) is 8.22. The molecule has 1 aromatic heterocycles. The number of ketones is 1. The highest BCUT2D eigenvalue weighted by atomic mass is 16.5. The third-order valence-electron chi connectivity index (χ3n) is 5.57. The van der Waals surface area contributed by atoms with E-state index in [1.807, 2.05) is 54.8 Å². The van der Waals surface area contributed by atoms with Crippen LogP contribution in [0.1, 0.15) is 40.5 Å². The molecule has 1 N–H and O–H groups in total. The lowest BCUT2D eigenvalue weighted by Gasteiger charge is -2.14. The number of amides is 1. The maximum absolute atomic E-state index is 12.7. The number of ether oxygens (including phenoxy) is 2. The summed E-state index contributed by atoms with van der Waals surface area (Å²) in [5, 5.41) is 3.88. The molecule has 3 aromatic rings. The summed E-state index contributed by atoms with van der Waals surface area (Å²) in [6.45, 7) is 7.28. The molecule has 0 saturated heterocycles. The summed E-state index contributed by atoms with van der Waals surface area (Å²) in [5.74, 6) is 1.37. The van der Waals surface area contributed by atoms with Gasteiger partial charge in [-0.3, -0.25) is 9.59 Å². The van der Waals surface area contributed by atoms with E-state index in [0.717, 1.165) is 45.6 Å². The molecule has 0 atom stereocenters. The zero-order valence-corrected chi connectivity index (χ0v) is 17.6. The van der Waals surface area contributed by atoms with Crippen LogP contribution in [0.3, 0.4) is 0 Å². The molecule has 6 nitrogen and oxygen atoms in total. The van der Waals surface area contributed by atoms with Crippen LogP contribution in [0.25, 0.3) is 10.9 Å². The minimum Gasteiger partial charge on any atom is -0.490 e. The summed E-state index contributed by atoms with van der Waals surface area (Å²) in [6, 6.07) is 11.6. The van der Waals surface area contributed by atoms with Gasteiger partial charge in [0, 0.05) is 35.1 Å². The van der Waals surface area contributed by atoms with Gasteiger partial charge in [-0.05, 0) is 50.1 Å². The van der Waals surface area contributed by atoms with Crippen molar-refractivity contribution in [1.82, 2.24) is 9.88 Å². The fourth-order valence-electron chi connectivity index (χ4n) is 4.02. The van der Waals surface area contributed by atoms with Crippen LogP contribution in [0.15, 0.2) is 36.4 Å². The van der Waals surface area contributed by atoms with Gasteiger partial charge in [0.15, 0.2) is 17.3 Å². The van der Waals surface area contributed by atoms with E-state index in [1.165, 1.54) is 0 Å². The molecule has 0 unspecified atom stereocenters. The number of hydrogen-bond acceptors (Lipinski definition) is 4. The number of hydrogen-bond donors (Lipinski definition) is 1. The summed E-state index contributed by atoms with van der Waals surface area (Å²) in [7, 11) is 0. The van der Waals surface area contributed by atoms with E-state index < -0.39 is 0 Å². The summed E-state index contributed by atoms with van der Waals surface area (Å²) >= 11 is 0. The zero-order chi connectivity index (χ0) is 21.3. The number of nitrogens with zero attached hydrogens (tertiary/aromatic N) is 1. The predicted octanol–water partition coefficient (Wildman–Crippen LogP) is 3.94. The summed E-state index contributed by atoms with van der Waals surface area (Å²) < 4.78 is 13.4. The second-order valence-corrected chi connectivity index (χ2v) is 7.67. The minimum atomic E-state index is -0.111. The van der Waals surface area contributed by atoms with Crippen LogP contribution in [0, 0.1) is 13.8 Å². The third kappa shape index (κ3) is 3.77. The Morgan fingerprint density at radius 1 is 1.07 bits per heavy atom. The SMILES string of the molecule is CC(=O)c1c(C)n(CC(=O)NCc2cc3c(cc2C)OCCCO3)c2ccccc12. The first kappa shape index (κ1) is 20.0. The molecule has 0 saturated carbocycles. The molecule has 0 bridgehead atoms. The molecule has 156 valence electrons. The summed E-state index contributed by atoms with van der Waals surface area (Å²) in [6.07, 6.45) is 0.853. The predicted molar refractivity (Wildman–Crippen MR) is 115 cm³/mol. The van der Waals surface area contributed by atoms with E-state index in [1.54, 1.807) is 6.92 Å². The van der Waals surface area contributed by atoms with Gasteiger partial charge in [-0.25, -0.2) is 0 Å². The van der Waals surface area contributed by atoms with E-state index in [0.29, 0.717) is 25.3 Å². The van der Waals surface area contributed by atoms with Gasteiger partial charge in [0.1, 0.15) is 6.54 Å². The Labute approximate surface area is 175 Å². The maximum atomic E-state index is 12.7. The maximum Gasteiger partial charge on any atom is 0.240 e. The normalized spacial score (nSPS) is 13.2. The first-order valence-corrected chi connectivity index (χ1v) is 10.2. The van der Waals surface area contributed by atoms with E-state index in [2.05, 4.69) is 5.32 Å². The highest BCUT2D eigenvalue weighted by Crippen LogP contribution is 2.32. The van der Waals surface area contributed by atoms with Gasteiger partial charge in [0.05, 0.1) is 13.2 Å².